The first-order valence-corrected chi connectivity index (χ1v) is 6.94. The number of carbonyl (C=O) groups excluding carboxylic acids is 1. The third-order valence-corrected chi connectivity index (χ3v) is 4.12. The van der Waals surface area contributed by atoms with Crippen molar-refractivity contribution in [2.45, 2.75) is 26.2 Å². The Balaban J connectivity index is 1.62. The molecule has 98 valence electrons. The number of amides is 1. The van der Waals surface area contributed by atoms with Gasteiger partial charge in [0.15, 0.2) is 0 Å². The smallest absolute Gasteiger partial charge is 0.219 e. The van der Waals surface area contributed by atoms with Crippen molar-refractivity contribution in [1.82, 2.24) is 15.1 Å². The Hall–Kier alpha value is -0.610. The normalized spacial score (nSPS) is 23.9. The van der Waals surface area contributed by atoms with E-state index in [1.165, 1.54) is 38.9 Å². The van der Waals surface area contributed by atoms with Gasteiger partial charge in [-0.3, -0.25) is 4.79 Å². The molecule has 2 heterocycles. The molecule has 2 rings (SSSR count). The molecule has 0 saturated carbocycles. The van der Waals surface area contributed by atoms with Gasteiger partial charge in [-0.25, -0.2) is 0 Å². The molecule has 2 saturated heterocycles. The van der Waals surface area contributed by atoms with Crippen LogP contribution in [-0.2, 0) is 4.79 Å². The van der Waals surface area contributed by atoms with Crippen LogP contribution in [0.15, 0.2) is 0 Å². The summed E-state index contributed by atoms with van der Waals surface area (Å²) in [5.74, 6) is 1.08. The zero-order valence-electron chi connectivity index (χ0n) is 11.0. The first kappa shape index (κ1) is 12.8. The molecule has 2 aliphatic heterocycles. The average molecular weight is 239 g/mol. The summed E-state index contributed by atoms with van der Waals surface area (Å²) < 4.78 is 0. The van der Waals surface area contributed by atoms with Gasteiger partial charge in [-0.1, -0.05) is 0 Å². The molecule has 0 unspecified atom stereocenters. The summed E-state index contributed by atoms with van der Waals surface area (Å²) in [7, 11) is 0. The van der Waals surface area contributed by atoms with Crippen molar-refractivity contribution in [1.29, 1.82) is 0 Å². The summed E-state index contributed by atoms with van der Waals surface area (Å²) in [5.41, 5.74) is 0. The van der Waals surface area contributed by atoms with Gasteiger partial charge >= 0.3 is 0 Å². The summed E-state index contributed by atoms with van der Waals surface area (Å²) in [6.07, 6.45) is 3.71. The minimum Gasteiger partial charge on any atom is -0.343 e. The molecular weight excluding hydrogens is 214 g/mol. The van der Waals surface area contributed by atoms with E-state index in [0.29, 0.717) is 0 Å². The van der Waals surface area contributed by atoms with Gasteiger partial charge in [-0.2, -0.15) is 0 Å². The van der Waals surface area contributed by atoms with Crippen LogP contribution >= 0.6 is 0 Å². The number of carbonyl (C=O) groups is 1. The summed E-state index contributed by atoms with van der Waals surface area (Å²) in [6.45, 7) is 9.56. The van der Waals surface area contributed by atoms with Crippen LogP contribution in [0, 0.1) is 5.92 Å². The third-order valence-electron chi connectivity index (χ3n) is 4.12. The average Bonchev–Trinajstić information content (AvgIpc) is 2.38. The molecular formula is C13H25N3O. The van der Waals surface area contributed by atoms with E-state index in [4.69, 9.17) is 0 Å². The highest BCUT2D eigenvalue weighted by molar-refractivity contribution is 5.73. The molecule has 0 atom stereocenters. The lowest BCUT2D eigenvalue weighted by Crippen LogP contribution is -2.44. The Morgan fingerprint density at radius 2 is 1.82 bits per heavy atom. The zero-order valence-corrected chi connectivity index (χ0v) is 11.0. The molecule has 1 amide bonds. The highest BCUT2D eigenvalue weighted by atomic mass is 16.2. The van der Waals surface area contributed by atoms with Crippen LogP contribution in [0.25, 0.3) is 0 Å². The van der Waals surface area contributed by atoms with Crippen molar-refractivity contribution in [3.05, 3.63) is 0 Å². The molecule has 0 aromatic heterocycles. The van der Waals surface area contributed by atoms with Crippen molar-refractivity contribution in [3.8, 4) is 0 Å². The van der Waals surface area contributed by atoms with E-state index >= 15 is 0 Å². The predicted octanol–water partition coefficient (Wildman–Crippen LogP) is 0.540. The van der Waals surface area contributed by atoms with Gasteiger partial charge < -0.3 is 15.1 Å². The quantitative estimate of drug-likeness (QED) is 0.781. The maximum Gasteiger partial charge on any atom is 0.219 e. The van der Waals surface area contributed by atoms with E-state index in [-0.39, 0.29) is 5.91 Å². The summed E-state index contributed by atoms with van der Waals surface area (Å²) >= 11 is 0. The van der Waals surface area contributed by atoms with Gasteiger partial charge in [-0.05, 0) is 31.7 Å². The molecule has 0 radical (unpaired) electrons. The number of nitrogens with zero attached hydrogens (tertiary/aromatic N) is 2. The molecule has 17 heavy (non-hydrogen) atoms. The van der Waals surface area contributed by atoms with E-state index in [9.17, 15) is 4.79 Å². The molecule has 0 aromatic carbocycles. The second-order valence-corrected chi connectivity index (χ2v) is 5.33. The number of likely N-dealkylation sites (tertiary alicyclic amines) is 1. The maximum absolute atomic E-state index is 11.2. The molecule has 0 aliphatic carbocycles. The fourth-order valence-corrected chi connectivity index (χ4v) is 2.84. The largest absolute Gasteiger partial charge is 0.343 e. The summed E-state index contributed by atoms with van der Waals surface area (Å²) in [5, 5.41) is 3.39. The SMILES string of the molecule is CC(=O)N1CCC(CCN2CCNCC2)CC1. The maximum atomic E-state index is 11.2. The van der Waals surface area contributed by atoms with Gasteiger partial charge in [0, 0.05) is 46.2 Å². The Morgan fingerprint density at radius 3 is 2.41 bits per heavy atom. The topological polar surface area (TPSA) is 35.6 Å². The lowest BCUT2D eigenvalue weighted by atomic mass is 9.93. The molecule has 0 bridgehead atoms. The fraction of sp³-hybridized carbons (Fsp3) is 0.923. The van der Waals surface area contributed by atoms with Crippen molar-refractivity contribution in [2.75, 3.05) is 45.8 Å². The Bertz CT molecular complexity index is 243. The lowest BCUT2D eigenvalue weighted by Gasteiger charge is -2.33. The molecule has 0 spiro atoms. The monoisotopic (exact) mass is 239 g/mol. The molecule has 4 nitrogen and oxygen atoms in total. The number of hydrogen-bond donors (Lipinski definition) is 1. The van der Waals surface area contributed by atoms with Crippen LogP contribution in [0.3, 0.4) is 0 Å². The Morgan fingerprint density at radius 1 is 1.18 bits per heavy atom. The highest BCUT2D eigenvalue weighted by Gasteiger charge is 2.21. The Labute approximate surface area is 104 Å². The number of piperidine rings is 1. The second-order valence-electron chi connectivity index (χ2n) is 5.33. The van der Waals surface area contributed by atoms with Gasteiger partial charge in [0.05, 0.1) is 0 Å². The standard InChI is InChI=1S/C13H25N3O/c1-12(17)16-8-3-13(4-9-16)2-7-15-10-5-14-6-11-15/h13-14H,2-11H2,1H3. The van der Waals surface area contributed by atoms with Crippen LogP contribution in [0.4, 0.5) is 0 Å². The lowest BCUT2D eigenvalue weighted by molar-refractivity contribution is -0.130. The van der Waals surface area contributed by atoms with Crippen molar-refractivity contribution >= 4 is 5.91 Å². The molecule has 2 fully saturated rings. The van der Waals surface area contributed by atoms with E-state index in [1.54, 1.807) is 6.92 Å². The number of hydrogen-bond acceptors (Lipinski definition) is 3. The van der Waals surface area contributed by atoms with Crippen LogP contribution in [-0.4, -0.2) is 61.5 Å². The number of piperazine rings is 1. The van der Waals surface area contributed by atoms with Crippen molar-refractivity contribution in [2.24, 2.45) is 5.92 Å². The first-order chi connectivity index (χ1) is 8.25. The van der Waals surface area contributed by atoms with E-state index < -0.39 is 0 Å². The highest BCUT2D eigenvalue weighted by Crippen LogP contribution is 2.20. The van der Waals surface area contributed by atoms with Crippen molar-refractivity contribution < 1.29 is 4.79 Å². The molecule has 0 aromatic rings. The summed E-state index contributed by atoms with van der Waals surface area (Å²) in [6, 6.07) is 0. The fourth-order valence-electron chi connectivity index (χ4n) is 2.84. The molecule has 2 aliphatic rings. The van der Waals surface area contributed by atoms with E-state index in [1.807, 2.05) is 4.90 Å². The predicted molar refractivity (Wildman–Crippen MR) is 68.9 cm³/mol. The second kappa shape index (κ2) is 6.36. The summed E-state index contributed by atoms with van der Waals surface area (Å²) in [4.78, 5) is 15.8. The van der Waals surface area contributed by atoms with Gasteiger partial charge in [0.1, 0.15) is 0 Å². The number of rotatable bonds is 3. The minimum atomic E-state index is 0.241. The zero-order chi connectivity index (χ0) is 12.1. The van der Waals surface area contributed by atoms with Crippen LogP contribution < -0.4 is 5.32 Å². The first-order valence-electron chi connectivity index (χ1n) is 6.94. The van der Waals surface area contributed by atoms with Gasteiger partial charge in [-0.15, -0.1) is 0 Å². The van der Waals surface area contributed by atoms with Gasteiger partial charge in [0.25, 0.3) is 0 Å². The van der Waals surface area contributed by atoms with Gasteiger partial charge in [0.2, 0.25) is 5.91 Å². The van der Waals surface area contributed by atoms with Crippen LogP contribution in [0.1, 0.15) is 26.2 Å². The van der Waals surface area contributed by atoms with Crippen LogP contribution in [0.2, 0.25) is 0 Å². The minimum absolute atomic E-state index is 0.241. The molecule has 4 heteroatoms. The number of nitrogens with one attached hydrogen (secondary N) is 1. The third kappa shape index (κ3) is 3.96. The van der Waals surface area contributed by atoms with Crippen LogP contribution in [0.5, 0.6) is 0 Å². The molecule has 1 N–H and O–H groups in total. The Kier molecular flexibility index (Phi) is 4.80. The van der Waals surface area contributed by atoms with E-state index in [2.05, 4.69) is 10.2 Å². The van der Waals surface area contributed by atoms with Crippen molar-refractivity contribution in [3.63, 3.8) is 0 Å². The van der Waals surface area contributed by atoms with E-state index in [0.717, 1.165) is 32.1 Å².